The highest BCUT2D eigenvalue weighted by atomic mass is 16.4. The lowest BCUT2D eigenvalue weighted by Gasteiger charge is -2.42. The van der Waals surface area contributed by atoms with Gasteiger partial charge in [-0.3, -0.25) is 4.79 Å². The van der Waals surface area contributed by atoms with Crippen LogP contribution < -0.4 is 0 Å². The Balaban J connectivity index is 1.41. The Hall–Kier alpha value is -0.530. The van der Waals surface area contributed by atoms with Crippen LogP contribution in [0.2, 0.25) is 0 Å². The standard InChI is InChI=1S/C27H48O2/c1-3-4-5-6-22-9-11-23(12-10-22)15-18-27(26(28)29)19-16-25(17-20-27)24-13-7-21(2)8-14-24/h21-25H,3-20H2,1-2H3,(H,28,29). The van der Waals surface area contributed by atoms with Crippen LogP contribution in [0.3, 0.4) is 0 Å². The van der Waals surface area contributed by atoms with Gasteiger partial charge < -0.3 is 5.11 Å². The first kappa shape index (κ1) is 23.1. The van der Waals surface area contributed by atoms with Crippen LogP contribution in [-0.4, -0.2) is 11.1 Å². The van der Waals surface area contributed by atoms with Crippen LogP contribution in [0.5, 0.6) is 0 Å². The lowest BCUT2D eigenvalue weighted by molar-refractivity contribution is -0.153. The molecule has 0 unspecified atom stereocenters. The van der Waals surface area contributed by atoms with Crippen LogP contribution in [0, 0.1) is 35.0 Å². The molecule has 3 aliphatic rings. The molecule has 0 spiro atoms. The van der Waals surface area contributed by atoms with Crippen LogP contribution in [0.4, 0.5) is 0 Å². The summed E-state index contributed by atoms with van der Waals surface area (Å²) in [7, 11) is 0. The fraction of sp³-hybridized carbons (Fsp3) is 0.963. The summed E-state index contributed by atoms with van der Waals surface area (Å²) in [5.74, 6) is 3.89. The SMILES string of the molecule is CCCCCC1CCC(CCC2(C(=O)O)CCC(C3CCC(C)CC3)CC2)CC1. The molecular weight excluding hydrogens is 356 g/mol. The van der Waals surface area contributed by atoms with Gasteiger partial charge in [0.15, 0.2) is 0 Å². The van der Waals surface area contributed by atoms with Gasteiger partial charge in [-0.05, 0) is 81.0 Å². The van der Waals surface area contributed by atoms with E-state index in [-0.39, 0.29) is 0 Å². The van der Waals surface area contributed by atoms with E-state index in [1.807, 2.05) is 0 Å². The van der Waals surface area contributed by atoms with Crippen molar-refractivity contribution < 1.29 is 9.90 Å². The molecule has 0 heterocycles. The average molecular weight is 405 g/mol. The zero-order chi connectivity index (χ0) is 20.7. The predicted molar refractivity (Wildman–Crippen MR) is 122 cm³/mol. The normalized spacial score (nSPS) is 38.6. The number of carboxylic acid groups (broad SMARTS) is 1. The zero-order valence-electron chi connectivity index (χ0n) is 19.5. The maximum absolute atomic E-state index is 12.3. The van der Waals surface area contributed by atoms with Crippen molar-refractivity contribution in [2.75, 3.05) is 0 Å². The zero-order valence-corrected chi connectivity index (χ0v) is 19.5. The van der Waals surface area contributed by atoms with Gasteiger partial charge in [-0.25, -0.2) is 0 Å². The van der Waals surface area contributed by atoms with Crippen molar-refractivity contribution in [3.63, 3.8) is 0 Å². The van der Waals surface area contributed by atoms with Crippen molar-refractivity contribution >= 4 is 5.97 Å². The first-order valence-corrected chi connectivity index (χ1v) is 13.3. The number of aliphatic carboxylic acids is 1. The first-order chi connectivity index (χ1) is 14.0. The molecule has 1 N–H and O–H groups in total. The molecule has 3 rings (SSSR count). The summed E-state index contributed by atoms with van der Waals surface area (Å²) >= 11 is 0. The van der Waals surface area contributed by atoms with Crippen molar-refractivity contribution in [3.05, 3.63) is 0 Å². The molecule has 0 aromatic rings. The van der Waals surface area contributed by atoms with Crippen molar-refractivity contribution in [1.29, 1.82) is 0 Å². The van der Waals surface area contributed by atoms with Gasteiger partial charge in [0.05, 0.1) is 5.41 Å². The summed E-state index contributed by atoms with van der Waals surface area (Å²) in [6.07, 6.45) is 23.0. The molecule has 0 atom stereocenters. The predicted octanol–water partition coefficient (Wildman–Crippen LogP) is 8.24. The van der Waals surface area contributed by atoms with E-state index in [1.165, 1.54) is 96.3 Å². The number of carboxylic acids is 1. The van der Waals surface area contributed by atoms with E-state index < -0.39 is 11.4 Å². The summed E-state index contributed by atoms with van der Waals surface area (Å²) in [4.78, 5) is 12.3. The monoisotopic (exact) mass is 404 g/mol. The quantitative estimate of drug-likeness (QED) is 0.393. The van der Waals surface area contributed by atoms with Crippen molar-refractivity contribution in [2.24, 2.45) is 35.0 Å². The molecule has 0 radical (unpaired) electrons. The summed E-state index contributed by atoms with van der Waals surface area (Å²) in [5, 5.41) is 10.1. The third kappa shape index (κ3) is 6.47. The molecule has 2 nitrogen and oxygen atoms in total. The largest absolute Gasteiger partial charge is 0.481 e. The number of hydrogen-bond donors (Lipinski definition) is 1. The minimum absolute atomic E-state index is 0.392. The smallest absolute Gasteiger partial charge is 0.309 e. The van der Waals surface area contributed by atoms with Crippen LogP contribution in [0.25, 0.3) is 0 Å². The number of hydrogen-bond acceptors (Lipinski definition) is 1. The van der Waals surface area contributed by atoms with Gasteiger partial charge >= 0.3 is 5.97 Å². The molecule has 0 aromatic heterocycles. The van der Waals surface area contributed by atoms with Crippen LogP contribution in [-0.2, 0) is 4.79 Å². The van der Waals surface area contributed by atoms with Gasteiger partial charge in [-0.2, -0.15) is 0 Å². The number of rotatable bonds is 9. The molecule has 3 saturated carbocycles. The van der Waals surface area contributed by atoms with Crippen LogP contribution in [0.1, 0.15) is 129 Å². The third-order valence-electron chi connectivity index (χ3n) is 9.38. The Morgan fingerprint density at radius 2 is 1.34 bits per heavy atom. The maximum atomic E-state index is 12.3. The van der Waals surface area contributed by atoms with E-state index in [1.54, 1.807) is 0 Å². The second-order valence-electron chi connectivity index (χ2n) is 11.4. The highest BCUT2D eigenvalue weighted by Crippen LogP contribution is 2.49. The molecule has 3 aliphatic carbocycles. The molecular formula is C27H48O2. The Bertz CT molecular complexity index is 475. The van der Waals surface area contributed by atoms with Gasteiger partial charge in [0, 0.05) is 0 Å². The highest BCUT2D eigenvalue weighted by Gasteiger charge is 2.43. The van der Waals surface area contributed by atoms with Gasteiger partial charge in [-0.15, -0.1) is 0 Å². The molecule has 0 bridgehead atoms. The molecule has 29 heavy (non-hydrogen) atoms. The maximum Gasteiger partial charge on any atom is 0.309 e. The molecule has 0 aromatic carbocycles. The Kier molecular flexibility index (Phi) is 8.93. The molecule has 168 valence electrons. The van der Waals surface area contributed by atoms with Crippen LogP contribution >= 0.6 is 0 Å². The van der Waals surface area contributed by atoms with Gasteiger partial charge in [0.1, 0.15) is 0 Å². The van der Waals surface area contributed by atoms with Gasteiger partial charge in [-0.1, -0.05) is 78.1 Å². The molecule has 2 heteroatoms. The van der Waals surface area contributed by atoms with Crippen molar-refractivity contribution in [3.8, 4) is 0 Å². The Labute approximate surface area is 180 Å². The van der Waals surface area contributed by atoms with E-state index in [0.29, 0.717) is 0 Å². The summed E-state index contributed by atoms with van der Waals surface area (Å²) in [5.41, 5.74) is -0.392. The lowest BCUT2D eigenvalue weighted by Crippen LogP contribution is -2.38. The highest BCUT2D eigenvalue weighted by molar-refractivity contribution is 5.74. The fourth-order valence-electron chi connectivity index (χ4n) is 6.96. The Morgan fingerprint density at radius 1 is 0.793 bits per heavy atom. The Morgan fingerprint density at radius 3 is 1.90 bits per heavy atom. The molecule has 0 amide bonds. The topological polar surface area (TPSA) is 37.3 Å². The van der Waals surface area contributed by atoms with E-state index in [4.69, 9.17) is 0 Å². The van der Waals surface area contributed by atoms with Crippen molar-refractivity contribution in [1.82, 2.24) is 0 Å². The third-order valence-corrected chi connectivity index (χ3v) is 9.38. The molecule has 3 fully saturated rings. The average Bonchev–Trinajstić information content (AvgIpc) is 2.74. The summed E-state index contributed by atoms with van der Waals surface area (Å²) < 4.78 is 0. The summed E-state index contributed by atoms with van der Waals surface area (Å²) in [6, 6.07) is 0. The second kappa shape index (κ2) is 11.2. The number of carbonyl (C=O) groups is 1. The van der Waals surface area contributed by atoms with Gasteiger partial charge in [0.2, 0.25) is 0 Å². The molecule has 0 saturated heterocycles. The van der Waals surface area contributed by atoms with E-state index >= 15 is 0 Å². The number of unbranched alkanes of at least 4 members (excludes halogenated alkanes) is 2. The lowest BCUT2D eigenvalue weighted by atomic mass is 9.62. The first-order valence-electron chi connectivity index (χ1n) is 13.3. The van der Waals surface area contributed by atoms with E-state index in [2.05, 4.69) is 13.8 Å². The van der Waals surface area contributed by atoms with E-state index in [0.717, 1.165) is 48.9 Å². The fourth-order valence-corrected chi connectivity index (χ4v) is 6.96. The van der Waals surface area contributed by atoms with Crippen molar-refractivity contribution in [2.45, 2.75) is 129 Å². The summed E-state index contributed by atoms with van der Waals surface area (Å²) in [6.45, 7) is 4.68. The van der Waals surface area contributed by atoms with Gasteiger partial charge in [0.25, 0.3) is 0 Å². The molecule has 0 aliphatic heterocycles. The second-order valence-corrected chi connectivity index (χ2v) is 11.4. The minimum atomic E-state index is -0.485. The van der Waals surface area contributed by atoms with E-state index in [9.17, 15) is 9.90 Å². The minimum Gasteiger partial charge on any atom is -0.481 e. The van der Waals surface area contributed by atoms with Crippen LogP contribution in [0.15, 0.2) is 0 Å².